The fraction of sp³-hybridized carbons (Fsp3) is 0.800. The van der Waals surface area contributed by atoms with Gasteiger partial charge in [-0.2, -0.15) is 0 Å². The maximum absolute atomic E-state index is 14.6. The third kappa shape index (κ3) is 7.47. The quantitative estimate of drug-likeness (QED) is 0.205. The van der Waals surface area contributed by atoms with Gasteiger partial charge in [0.05, 0.1) is 5.56 Å². The first-order chi connectivity index (χ1) is 16.4. The van der Waals surface area contributed by atoms with Crippen LogP contribution in [0.3, 0.4) is 0 Å². The second-order valence-electron chi connectivity index (χ2n) is 11.3. The van der Waals surface area contributed by atoms with Crippen LogP contribution in [0.4, 0.5) is 17.6 Å². The molecule has 2 aliphatic rings. The van der Waals surface area contributed by atoms with Crippen LogP contribution in [0.25, 0.3) is 0 Å². The molecule has 1 aromatic carbocycles. The zero-order valence-electron chi connectivity index (χ0n) is 21.5. The largest absolute Gasteiger partial charge is 0.278 e. The highest BCUT2D eigenvalue weighted by molar-refractivity contribution is 5.32. The van der Waals surface area contributed by atoms with E-state index in [1.165, 1.54) is 76.3 Å². The highest BCUT2D eigenvalue weighted by atomic mass is 19.3. The van der Waals surface area contributed by atoms with Gasteiger partial charge in [0.25, 0.3) is 5.92 Å². The predicted molar refractivity (Wildman–Crippen MR) is 133 cm³/mol. The standard InChI is InChI=1S/C30H46F4/c1-3-5-7-8-9-10-22-11-13-23(14-12-22)24-15-17-25(18-16-24)26-20-27(31)29(28(32)21-26)30(33,34)19-6-4-2/h20-25H,3-19H2,1-2H3/t22-,23-,24?,25?. The van der Waals surface area contributed by atoms with Crippen molar-refractivity contribution in [2.75, 3.05) is 0 Å². The molecule has 0 aromatic heterocycles. The summed E-state index contributed by atoms with van der Waals surface area (Å²) in [7, 11) is 0. The number of benzene rings is 1. The molecule has 1 aromatic rings. The number of unbranched alkanes of at least 4 members (excludes halogenated alkanes) is 5. The van der Waals surface area contributed by atoms with Gasteiger partial charge in [-0.1, -0.05) is 71.6 Å². The second-order valence-corrected chi connectivity index (χ2v) is 11.3. The summed E-state index contributed by atoms with van der Waals surface area (Å²) in [4.78, 5) is 0. The Morgan fingerprint density at radius 3 is 1.79 bits per heavy atom. The molecule has 0 heterocycles. The molecule has 194 valence electrons. The summed E-state index contributed by atoms with van der Waals surface area (Å²) < 4.78 is 58.0. The van der Waals surface area contributed by atoms with Crippen molar-refractivity contribution >= 4 is 0 Å². The Balaban J connectivity index is 1.47. The van der Waals surface area contributed by atoms with Gasteiger partial charge in [-0.05, 0) is 86.3 Å². The van der Waals surface area contributed by atoms with Crippen molar-refractivity contribution in [3.8, 4) is 0 Å². The van der Waals surface area contributed by atoms with Gasteiger partial charge < -0.3 is 0 Å². The Morgan fingerprint density at radius 1 is 0.706 bits per heavy atom. The first kappa shape index (κ1) is 27.5. The predicted octanol–water partition coefficient (Wildman–Crippen LogP) is 10.7. The minimum absolute atomic E-state index is 0.0815. The van der Waals surface area contributed by atoms with E-state index in [0.29, 0.717) is 17.9 Å². The van der Waals surface area contributed by atoms with Gasteiger partial charge in [-0.3, -0.25) is 0 Å². The molecule has 34 heavy (non-hydrogen) atoms. The van der Waals surface area contributed by atoms with E-state index < -0.39 is 29.5 Å². The molecule has 2 aliphatic carbocycles. The van der Waals surface area contributed by atoms with Crippen LogP contribution in [0, 0.1) is 29.4 Å². The molecule has 0 spiro atoms. The van der Waals surface area contributed by atoms with Crippen molar-refractivity contribution in [1.82, 2.24) is 0 Å². The minimum Gasteiger partial charge on any atom is -0.206 e. The molecule has 0 N–H and O–H groups in total. The number of alkyl halides is 2. The summed E-state index contributed by atoms with van der Waals surface area (Å²) in [6.45, 7) is 4.06. The smallest absolute Gasteiger partial charge is 0.206 e. The Kier molecular flexibility index (Phi) is 10.8. The van der Waals surface area contributed by atoms with Crippen LogP contribution in [0.2, 0.25) is 0 Å². The van der Waals surface area contributed by atoms with Crippen LogP contribution in [0.1, 0.15) is 140 Å². The summed E-state index contributed by atoms with van der Waals surface area (Å²) >= 11 is 0. The SMILES string of the molecule is CCCCCCC[C@H]1CC[C@H](C2CCC(c3cc(F)c(C(F)(F)CCCC)c(F)c3)CC2)CC1. The highest BCUT2D eigenvalue weighted by Crippen LogP contribution is 2.45. The second kappa shape index (κ2) is 13.3. The van der Waals surface area contributed by atoms with Gasteiger partial charge in [0.1, 0.15) is 11.6 Å². The fourth-order valence-corrected chi connectivity index (χ4v) is 6.61. The monoisotopic (exact) mass is 482 g/mol. The molecule has 0 saturated heterocycles. The first-order valence-corrected chi connectivity index (χ1v) is 14.2. The van der Waals surface area contributed by atoms with Crippen LogP contribution in [0.5, 0.6) is 0 Å². The summed E-state index contributed by atoms with van der Waals surface area (Å²) in [6.07, 6.45) is 17.9. The van der Waals surface area contributed by atoms with E-state index in [-0.39, 0.29) is 12.3 Å². The maximum atomic E-state index is 14.6. The van der Waals surface area contributed by atoms with Gasteiger partial charge in [-0.25, -0.2) is 17.6 Å². The van der Waals surface area contributed by atoms with Crippen molar-refractivity contribution in [2.45, 2.75) is 135 Å². The first-order valence-electron chi connectivity index (χ1n) is 14.2. The van der Waals surface area contributed by atoms with Gasteiger partial charge in [0, 0.05) is 6.42 Å². The third-order valence-corrected chi connectivity index (χ3v) is 8.79. The summed E-state index contributed by atoms with van der Waals surface area (Å²) in [6, 6.07) is 2.38. The average molecular weight is 483 g/mol. The van der Waals surface area contributed by atoms with E-state index in [2.05, 4.69) is 6.92 Å². The molecule has 0 nitrogen and oxygen atoms in total. The molecule has 4 heteroatoms. The molecule has 0 amide bonds. The van der Waals surface area contributed by atoms with Crippen LogP contribution in [-0.4, -0.2) is 0 Å². The van der Waals surface area contributed by atoms with E-state index in [4.69, 9.17) is 0 Å². The molecule has 0 radical (unpaired) electrons. The molecule has 0 atom stereocenters. The lowest BCUT2D eigenvalue weighted by atomic mass is 9.68. The van der Waals surface area contributed by atoms with Crippen LogP contribution in [0.15, 0.2) is 12.1 Å². The van der Waals surface area contributed by atoms with Crippen LogP contribution < -0.4 is 0 Å². The number of halogens is 4. The molecular formula is C30H46F4. The molecule has 2 fully saturated rings. The maximum Gasteiger partial charge on any atom is 0.278 e. The number of hydrogen-bond donors (Lipinski definition) is 0. The van der Waals surface area contributed by atoms with Crippen molar-refractivity contribution in [1.29, 1.82) is 0 Å². The topological polar surface area (TPSA) is 0 Å². The summed E-state index contributed by atoms with van der Waals surface area (Å²) in [5, 5.41) is 0. The lowest BCUT2D eigenvalue weighted by molar-refractivity contribution is -0.0222. The van der Waals surface area contributed by atoms with Gasteiger partial charge in [-0.15, -0.1) is 0 Å². The van der Waals surface area contributed by atoms with E-state index in [0.717, 1.165) is 37.5 Å². The van der Waals surface area contributed by atoms with Crippen molar-refractivity contribution in [3.05, 3.63) is 34.9 Å². The molecule has 2 saturated carbocycles. The molecule has 0 bridgehead atoms. The minimum atomic E-state index is -3.45. The van der Waals surface area contributed by atoms with E-state index in [1.54, 1.807) is 6.92 Å². The van der Waals surface area contributed by atoms with Gasteiger partial charge in [0.15, 0.2) is 0 Å². The molecule has 0 unspecified atom stereocenters. The van der Waals surface area contributed by atoms with Crippen LogP contribution in [-0.2, 0) is 5.92 Å². The lowest BCUT2D eigenvalue weighted by Gasteiger charge is -2.38. The fourth-order valence-electron chi connectivity index (χ4n) is 6.61. The molecular weight excluding hydrogens is 436 g/mol. The highest BCUT2D eigenvalue weighted by Gasteiger charge is 2.38. The molecule has 3 rings (SSSR count). The Labute approximate surface area is 205 Å². The summed E-state index contributed by atoms with van der Waals surface area (Å²) in [5.41, 5.74) is -0.476. The molecule has 0 aliphatic heterocycles. The lowest BCUT2D eigenvalue weighted by Crippen LogP contribution is -2.25. The Hall–Kier alpha value is -1.06. The van der Waals surface area contributed by atoms with Crippen molar-refractivity contribution in [3.63, 3.8) is 0 Å². The van der Waals surface area contributed by atoms with E-state index >= 15 is 0 Å². The number of rotatable bonds is 12. The average Bonchev–Trinajstić information content (AvgIpc) is 2.82. The van der Waals surface area contributed by atoms with E-state index in [9.17, 15) is 17.6 Å². The summed E-state index contributed by atoms with van der Waals surface area (Å²) in [5.74, 6) is -3.10. The number of hydrogen-bond acceptors (Lipinski definition) is 0. The Morgan fingerprint density at radius 2 is 1.24 bits per heavy atom. The third-order valence-electron chi connectivity index (χ3n) is 8.79. The zero-order chi connectivity index (χ0) is 24.6. The normalized spacial score (nSPS) is 26.1. The Bertz CT molecular complexity index is 704. The van der Waals surface area contributed by atoms with Crippen LogP contribution >= 0.6 is 0 Å². The van der Waals surface area contributed by atoms with Gasteiger partial charge in [0.2, 0.25) is 0 Å². The van der Waals surface area contributed by atoms with Crippen molar-refractivity contribution in [2.24, 2.45) is 17.8 Å². The van der Waals surface area contributed by atoms with Gasteiger partial charge >= 0.3 is 0 Å². The van der Waals surface area contributed by atoms with Crippen molar-refractivity contribution < 1.29 is 17.6 Å². The van der Waals surface area contributed by atoms with E-state index in [1.807, 2.05) is 0 Å². The zero-order valence-corrected chi connectivity index (χ0v) is 21.5.